The van der Waals surface area contributed by atoms with Gasteiger partial charge < -0.3 is 15.0 Å². The van der Waals surface area contributed by atoms with Crippen molar-refractivity contribution in [3.8, 4) is 16.9 Å². The maximum Gasteiger partial charge on any atom is 0.416 e. The molecule has 0 radical (unpaired) electrons. The second-order valence-corrected chi connectivity index (χ2v) is 11.8. The largest absolute Gasteiger partial charge is 0.507 e. The van der Waals surface area contributed by atoms with E-state index in [1.165, 1.54) is 40.6 Å². The van der Waals surface area contributed by atoms with E-state index in [1.807, 2.05) is 25.2 Å². The van der Waals surface area contributed by atoms with Crippen molar-refractivity contribution >= 4 is 50.8 Å². The van der Waals surface area contributed by atoms with Gasteiger partial charge in [-0.3, -0.25) is 9.59 Å². The van der Waals surface area contributed by atoms with Crippen LogP contribution in [0.1, 0.15) is 31.4 Å². The van der Waals surface area contributed by atoms with Gasteiger partial charge in [-0.25, -0.2) is 0 Å². The van der Waals surface area contributed by atoms with Crippen LogP contribution in [-0.4, -0.2) is 40.1 Å². The summed E-state index contributed by atoms with van der Waals surface area (Å²) in [5.41, 5.74) is 0.0786. The third-order valence-electron chi connectivity index (χ3n) is 7.22. The average molecular weight is 641 g/mol. The summed E-state index contributed by atoms with van der Waals surface area (Å²) in [6, 6.07) is 21.5. The number of hydrogen-bond donors (Lipinski definition) is 2. The number of ketones is 1. The minimum absolute atomic E-state index is 0. The van der Waals surface area contributed by atoms with Crippen molar-refractivity contribution in [1.29, 1.82) is 0 Å². The first-order valence-electron chi connectivity index (χ1n) is 13.6. The lowest BCUT2D eigenvalue weighted by atomic mass is 9.98. The molecule has 0 spiro atoms. The predicted molar refractivity (Wildman–Crippen MR) is 174 cm³/mol. The number of halogens is 4. The Morgan fingerprint density at radius 1 is 1.00 bits per heavy atom. The van der Waals surface area contributed by atoms with E-state index < -0.39 is 17.3 Å². The number of fused-ring (bicyclic) bond motifs is 2. The highest BCUT2D eigenvalue weighted by atomic mass is 35.5. The van der Waals surface area contributed by atoms with Crippen molar-refractivity contribution in [3.05, 3.63) is 105 Å². The van der Waals surface area contributed by atoms with Gasteiger partial charge in [0.1, 0.15) is 11.5 Å². The Labute approximate surface area is 262 Å². The highest BCUT2D eigenvalue weighted by Crippen LogP contribution is 2.42. The first-order valence-corrected chi connectivity index (χ1v) is 14.9. The van der Waals surface area contributed by atoms with Crippen LogP contribution in [0.5, 0.6) is 5.75 Å². The topological polar surface area (TPSA) is 73.4 Å². The van der Waals surface area contributed by atoms with Gasteiger partial charge in [-0.1, -0.05) is 61.5 Å². The number of H-pyrrole nitrogens is 1. The molecule has 0 amide bonds. The SMILES string of the molecule is C.CN(CCCC(=O)CSc1c(-c2cc(Cl)ccc2O)c2cc(C(F)(F)F)ccc2[nH]c1=O)Cc1cccc2ccccc12. The van der Waals surface area contributed by atoms with Crippen LogP contribution in [0.25, 0.3) is 32.8 Å². The van der Waals surface area contributed by atoms with Crippen LogP contribution in [0.4, 0.5) is 13.2 Å². The minimum Gasteiger partial charge on any atom is -0.507 e. The number of aromatic hydroxyl groups is 1. The van der Waals surface area contributed by atoms with Gasteiger partial charge in [-0.2, -0.15) is 13.2 Å². The van der Waals surface area contributed by atoms with Gasteiger partial charge in [0.15, 0.2) is 0 Å². The standard InChI is InChI=1S/C33H28ClF3N2O3S.CH4/c1-39(18-21-8-4-7-20-6-2-3-10-25(20)21)15-5-9-24(40)19-43-31-30(27-17-23(34)12-14-29(27)41)26-16-22(33(35,36)37)11-13-28(26)38-32(31)42;/h2-4,6-8,10-14,16-17,41H,5,9,15,18-19H2,1H3,(H,38,42);1H4. The Morgan fingerprint density at radius 3 is 2.52 bits per heavy atom. The number of carbonyl (C=O) groups excluding carboxylic acids is 1. The van der Waals surface area contributed by atoms with Gasteiger partial charge >= 0.3 is 6.18 Å². The molecule has 0 unspecified atom stereocenters. The molecule has 0 bridgehead atoms. The number of phenols is 1. The summed E-state index contributed by atoms with van der Waals surface area (Å²) < 4.78 is 40.8. The fraction of sp³-hybridized carbons (Fsp3) is 0.235. The molecule has 1 aromatic heterocycles. The zero-order valence-electron chi connectivity index (χ0n) is 23.2. The maximum absolute atomic E-state index is 13.6. The number of hydrogen-bond acceptors (Lipinski definition) is 5. The summed E-state index contributed by atoms with van der Waals surface area (Å²) in [6.45, 7) is 1.40. The molecule has 0 fully saturated rings. The molecule has 0 aliphatic rings. The first-order chi connectivity index (χ1) is 20.5. The van der Waals surface area contributed by atoms with E-state index in [9.17, 15) is 27.9 Å². The Kier molecular flexibility index (Phi) is 10.4. The van der Waals surface area contributed by atoms with Crippen LogP contribution in [-0.2, 0) is 17.5 Å². The lowest BCUT2D eigenvalue weighted by Crippen LogP contribution is -2.20. The highest BCUT2D eigenvalue weighted by Gasteiger charge is 2.31. The molecule has 5 nitrogen and oxygen atoms in total. The van der Waals surface area contributed by atoms with Crippen LogP contribution in [0.2, 0.25) is 5.02 Å². The Morgan fingerprint density at radius 2 is 1.75 bits per heavy atom. The van der Waals surface area contributed by atoms with Crippen molar-refractivity contribution in [2.45, 2.75) is 37.9 Å². The molecule has 0 saturated heterocycles. The lowest BCUT2D eigenvalue weighted by Gasteiger charge is -2.18. The number of Topliss-reactive ketones (excluding diaryl/α,β-unsaturated/α-hetero) is 1. The van der Waals surface area contributed by atoms with Crippen molar-refractivity contribution in [2.24, 2.45) is 0 Å². The fourth-order valence-corrected chi connectivity index (χ4v) is 6.30. The van der Waals surface area contributed by atoms with E-state index in [1.54, 1.807) is 0 Å². The Hall–Kier alpha value is -3.79. The van der Waals surface area contributed by atoms with Crippen molar-refractivity contribution in [2.75, 3.05) is 19.3 Å². The van der Waals surface area contributed by atoms with Gasteiger partial charge in [0.2, 0.25) is 0 Å². The number of rotatable bonds is 10. The molecule has 1 heterocycles. The minimum atomic E-state index is -4.62. The van der Waals surface area contributed by atoms with Crippen LogP contribution in [0, 0.1) is 0 Å². The van der Waals surface area contributed by atoms with E-state index in [-0.39, 0.29) is 63.1 Å². The number of benzene rings is 4. The highest BCUT2D eigenvalue weighted by molar-refractivity contribution is 8.00. The van der Waals surface area contributed by atoms with E-state index in [0.29, 0.717) is 13.0 Å². The molecule has 4 aromatic carbocycles. The zero-order chi connectivity index (χ0) is 30.7. The predicted octanol–water partition coefficient (Wildman–Crippen LogP) is 8.94. The smallest absolute Gasteiger partial charge is 0.416 e. The van der Waals surface area contributed by atoms with Crippen molar-refractivity contribution in [3.63, 3.8) is 0 Å². The van der Waals surface area contributed by atoms with Crippen molar-refractivity contribution in [1.82, 2.24) is 9.88 Å². The molecule has 0 atom stereocenters. The number of thioether (sulfide) groups is 1. The van der Waals surface area contributed by atoms with Crippen molar-refractivity contribution < 1.29 is 23.1 Å². The second-order valence-electron chi connectivity index (χ2n) is 10.4. The first kappa shape index (κ1) is 33.1. The summed E-state index contributed by atoms with van der Waals surface area (Å²) in [5, 5.41) is 13.3. The summed E-state index contributed by atoms with van der Waals surface area (Å²) in [7, 11) is 1.99. The Bertz CT molecular complexity index is 1870. The van der Waals surface area contributed by atoms with Gasteiger partial charge in [0.25, 0.3) is 5.56 Å². The molecule has 5 aromatic rings. The van der Waals surface area contributed by atoms with Crippen LogP contribution >= 0.6 is 23.4 Å². The third kappa shape index (κ3) is 7.46. The number of aromatic nitrogens is 1. The molecule has 10 heteroatoms. The lowest BCUT2D eigenvalue weighted by molar-refractivity contribution is -0.137. The summed E-state index contributed by atoms with van der Waals surface area (Å²) in [4.78, 5) is 30.8. The number of alkyl halides is 3. The number of nitrogens with one attached hydrogen (secondary N) is 1. The van der Waals surface area contributed by atoms with Crippen LogP contribution in [0.3, 0.4) is 0 Å². The van der Waals surface area contributed by atoms with E-state index in [4.69, 9.17) is 11.6 Å². The number of pyridine rings is 1. The third-order valence-corrected chi connectivity index (χ3v) is 8.60. The van der Waals surface area contributed by atoms with Gasteiger partial charge in [-0.15, -0.1) is 11.8 Å². The van der Waals surface area contributed by atoms with Gasteiger partial charge in [-0.05, 0) is 72.7 Å². The van der Waals surface area contributed by atoms with Gasteiger partial charge in [0, 0.05) is 40.0 Å². The molecule has 0 aliphatic heterocycles. The number of aromatic amines is 1. The quantitative estimate of drug-likeness (QED) is 0.149. The number of phenolic OH excluding ortho intramolecular Hbond substituents is 1. The second kappa shape index (κ2) is 13.9. The molecule has 0 saturated carbocycles. The van der Waals surface area contributed by atoms with E-state index in [0.717, 1.165) is 30.4 Å². The molecular formula is C34H32ClF3N2O3S. The van der Waals surface area contributed by atoms with E-state index >= 15 is 0 Å². The van der Waals surface area contributed by atoms with Gasteiger partial charge in [0.05, 0.1) is 16.2 Å². The fourth-order valence-electron chi connectivity index (χ4n) is 5.14. The Balaban J connectivity index is 0.00000442. The number of carbonyl (C=O) groups is 1. The maximum atomic E-state index is 13.6. The number of nitrogens with zero attached hydrogens (tertiary/aromatic N) is 1. The van der Waals surface area contributed by atoms with E-state index in [2.05, 4.69) is 34.1 Å². The molecule has 5 rings (SSSR count). The summed E-state index contributed by atoms with van der Waals surface area (Å²) in [5.74, 6) is -0.418. The summed E-state index contributed by atoms with van der Waals surface area (Å²) in [6.07, 6.45) is -3.75. The molecule has 2 N–H and O–H groups in total. The molecule has 44 heavy (non-hydrogen) atoms. The normalized spacial score (nSPS) is 11.7. The summed E-state index contributed by atoms with van der Waals surface area (Å²) >= 11 is 7.10. The average Bonchev–Trinajstić information content (AvgIpc) is 2.96. The monoisotopic (exact) mass is 640 g/mol. The van der Waals surface area contributed by atoms with Crippen LogP contribution < -0.4 is 5.56 Å². The zero-order valence-corrected chi connectivity index (χ0v) is 24.7. The molecule has 0 aliphatic carbocycles. The molecular weight excluding hydrogens is 609 g/mol. The molecule has 230 valence electrons. The van der Waals surface area contributed by atoms with Crippen LogP contribution in [0.15, 0.2) is 88.6 Å².